The quantitative estimate of drug-likeness (QED) is 0.207. The van der Waals surface area contributed by atoms with Crippen LogP contribution in [0.15, 0.2) is 109 Å². The molecule has 7 heteroatoms. The fourth-order valence-corrected chi connectivity index (χ4v) is 4.39. The van der Waals surface area contributed by atoms with E-state index in [1.54, 1.807) is 6.92 Å². The van der Waals surface area contributed by atoms with Crippen molar-refractivity contribution in [3.63, 3.8) is 0 Å². The number of phenols is 1. The molecule has 1 heterocycles. The Labute approximate surface area is 248 Å². The fraction of sp³-hybridized carbons (Fsp3) is 0.286. The number of aryl methyl sites for hydroxylation is 1. The molecule has 42 heavy (non-hydrogen) atoms. The molecule has 0 amide bonds. The molecule has 0 unspecified atom stereocenters. The van der Waals surface area contributed by atoms with E-state index >= 15 is 0 Å². The molecule has 0 bridgehead atoms. The van der Waals surface area contributed by atoms with Crippen molar-refractivity contribution in [3.8, 4) is 17.1 Å². The molecule has 2 aromatic carbocycles. The van der Waals surface area contributed by atoms with Gasteiger partial charge in [0.15, 0.2) is 5.43 Å². The van der Waals surface area contributed by atoms with Gasteiger partial charge in [-0.15, -0.1) is 0 Å². The standard InChI is InChI=1S/C35H42N4O3/c1-20(2)23(6)38-25(8)29(37)16-14-27-18-33-34(31(40)19-32(42-33)26-12-10-9-11-13-26)35(41)28(27)15-17-30(22(5)36)39-24(7)21(3)4/h9-13,18-19,41H,1,3,14-17,36-37H2,2,4-8H3/b29-25-,30-22-,38-23?,39-24?. The van der Waals surface area contributed by atoms with Gasteiger partial charge in [0.25, 0.3) is 0 Å². The van der Waals surface area contributed by atoms with E-state index in [2.05, 4.69) is 23.1 Å². The lowest BCUT2D eigenvalue weighted by molar-refractivity contribution is 0.471. The van der Waals surface area contributed by atoms with Crippen LogP contribution >= 0.6 is 0 Å². The van der Waals surface area contributed by atoms with Crippen molar-refractivity contribution in [3.05, 3.63) is 111 Å². The van der Waals surface area contributed by atoms with Crippen LogP contribution in [0.5, 0.6) is 5.75 Å². The van der Waals surface area contributed by atoms with Crippen molar-refractivity contribution in [1.82, 2.24) is 0 Å². The van der Waals surface area contributed by atoms with Crippen LogP contribution in [0.25, 0.3) is 22.3 Å². The van der Waals surface area contributed by atoms with Crippen LogP contribution in [0.4, 0.5) is 0 Å². The van der Waals surface area contributed by atoms with Crippen LogP contribution in [-0.4, -0.2) is 16.5 Å². The van der Waals surface area contributed by atoms with Crippen molar-refractivity contribution < 1.29 is 9.52 Å². The zero-order valence-electron chi connectivity index (χ0n) is 25.6. The van der Waals surface area contributed by atoms with E-state index in [-0.39, 0.29) is 16.6 Å². The minimum absolute atomic E-state index is 0.0964. The van der Waals surface area contributed by atoms with E-state index in [1.165, 1.54) is 6.07 Å². The Kier molecular flexibility index (Phi) is 10.5. The average Bonchev–Trinajstić information content (AvgIpc) is 2.94. The molecule has 0 saturated carbocycles. The zero-order valence-corrected chi connectivity index (χ0v) is 25.6. The SMILES string of the molecule is C=C(C)C(C)=N/C(C)=C(\N)CCc1cc2oc(-c3ccccc3)cc(=O)c2c(O)c1CC/C(N=C(C)C(=C)C)=C(\C)N. The monoisotopic (exact) mass is 566 g/mol. The smallest absolute Gasteiger partial charge is 0.197 e. The highest BCUT2D eigenvalue weighted by atomic mass is 16.3. The number of allylic oxidation sites excluding steroid dienone is 6. The van der Waals surface area contributed by atoms with Crippen molar-refractivity contribution in [2.75, 3.05) is 0 Å². The summed E-state index contributed by atoms with van der Waals surface area (Å²) in [6.45, 7) is 19.1. The minimum atomic E-state index is -0.317. The number of aliphatic imine (C=N–C) groups is 2. The molecule has 220 valence electrons. The van der Waals surface area contributed by atoms with Gasteiger partial charge in [-0.3, -0.25) is 14.8 Å². The van der Waals surface area contributed by atoms with Crippen LogP contribution < -0.4 is 16.9 Å². The van der Waals surface area contributed by atoms with Crippen molar-refractivity contribution >= 4 is 22.4 Å². The molecule has 0 aliphatic carbocycles. The van der Waals surface area contributed by atoms with Gasteiger partial charge >= 0.3 is 0 Å². The van der Waals surface area contributed by atoms with E-state index in [0.29, 0.717) is 65.4 Å². The number of nitrogens with zero attached hydrogens (tertiary/aromatic N) is 2. The predicted octanol–water partition coefficient (Wildman–Crippen LogP) is 7.49. The third kappa shape index (κ3) is 7.75. The first-order chi connectivity index (χ1) is 19.8. The number of nitrogens with two attached hydrogens (primary N) is 2. The van der Waals surface area contributed by atoms with Gasteiger partial charge in [-0.2, -0.15) is 0 Å². The largest absolute Gasteiger partial charge is 0.507 e. The van der Waals surface area contributed by atoms with Gasteiger partial charge in [0.05, 0.1) is 11.4 Å². The Bertz CT molecular complexity index is 1700. The number of aromatic hydroxyl groups is 1. The van der Waals surface area contributed by atoms with Crippen LogP contribution in [0, 0.1) is 0 Å². The molecule has 0 atom stereocenters. The number of fused-ring (bicyclic) bond motifs is 1. The van der Waals surface area contributed by atoms with Crippen LogP contribution in [0.3, 0.4) is 0 Å². The first-order valence-electron chi connectivity index (χ1n) is 14.0. The van der Waals surface area contributed by atoms with Gasteiger partial charge < -0.3 is 21.0 Å². The third-order valence-electron chi connectivity index (χ3n) is 7.32. The van der Waals surface area contributed by atoms with Gasteiger partial charge in [0.1, 0.15) is 22.5 Å². The van der Waals surface area contributed by atoms with Gasteiger partial charge in [-0.05, 0) is 95.6 Å². The summed E-state index contributed by atoms with van der Waals surface area (Å²) in [5.74, 6) is 0.334. The van der Waals surface area contributed by atoms with Crippen molar-refractivity contribution in [2.24, 2.45) is 21.5 Å². The molecule has 0 spiro atoms. The molecular weight excluding hydrogens is 524 g/mol. The number of phenolic OH excluding ortho intramolecular Hbond substituents is 1. The van der Waals surface area contributed by atoms with Gasteiger partial charge in [0, 0.05) is 34.4 Å². The van der Waals surface area contributed by atoms with Crippen LogP contribution in [0.1, 0.15) is 65.5 Å². The second kappa shape index (κ2) is 13.8. The third-order valence-corrected chi connectivity index (χ3v) is 7.32. The first-order valence-corrected chi connectivity index (χ1v) is 14.0. The zero-order chi connectivity index (χ0) is 31.1. The van der Waals surface area contributed by atoms with Crippen LogP contribution in [-0.2, 0) is 12.8 Å². The normalized spacial score (nSPS) is 13.6. The Morgan fingerprint density at radius 3 is 2.10 bits per heavy atom. The Morgan fingerprint density at radius 1 is 0.881 bits per heavy atom. The number of benzene rings is 2. The predicted molar refractivity (Wildman–Crippen MR) is 176 cm³/mol. The van der Waals surface area contributed by atoms with Gasteiger partial charge in [-0.25, -0.2) is 0 Å². The fourth-order valence-electron chi connectivity index (χ4n) is 4.39. The number of rotatable bonds is 11. The summed E-state index contributed by atoms with van der Waals surface area (Å²) in [6, 6.07) is 12.7. The van der Waals surface area contributed by atoms with Crippen LogP contribution in [0.2, 0.25) is 0 Å². The Balaban J connectivity index is 2.14. The number of hydrogen-bond donors (Lipinski definition) is 3. The summed E-state index contributed by atoms with van der Waals surface area (Å²) >= 11 is 0. The second-order valence-corrected chi connectivity index (χ2v) is 10.8. The molecule has 3 aromatic rings. The minimum Gasteiger partial charge on any atom is -0.507 e. The van der Waals surface area contributed by atoms with Crippen molar-refractivity contribution in [1.29, 1.82) is 0 Å². The molecule has 0 aliphatic heterocycles. The molecule has 0 radical (unpaired) electrons. The summed E-state index contributed by atoms with van der Waals surface area (Å²) in [5, 5.41) is 11.7. The van der Waals surface area contributed by atoms with E-state index < -0.39 is 0 Å². The van der Waals surface area contributed by atoms with Gasteiger partial charge in [0.2, 0.25) is 0 Å². The highest BCUT2D eigenvalue weighted by molar-refractivity contribution is 5.98. The lowest BCUT2D eigenvalue weighted by atomic mass is 9.94. The van der Waals surface area contributed by atoms with E-state index in [0.717, 1.165) is 33.7 Å². The van der Waals surface area contributed by atoms with Crippen molar-refractivity contribution in [2.45, 2.75) is 67.2 Å². The lowest BCUT2D eigenvalue weighted by Crippen LogP contribution is -2.08. The highest BCUT2D eigenvalue weighted by Gasteiger charge is 2.19. The summed E-state index contributed by atoms with van der Waals surface area (Å²) < 4.78 is 6.19. The molecule has 0 aliphatic rings. The Hall–Kier alpha value is -4.65. The lowest BCUT2D eigenvalue weighted by Gasteiger charge is -2.16. The maximum absolute atomic E-state index is 13.3. The molecule has 0 saturated heterocycles. The maximum Gasteiger partial charge on any atom is 0.197 e. The molecule has 3 rings (SSSR count). The molecule has 7 nitrogen and oxygen atoms in total. The summed E-state index contributed by atoms with van der Waals surface area (Å²) in [4.78, 5) is 22.6. The molecular formula is C35H42N4O3. The molecule has 5 N–H and O–H groups in total. The number of hydrogen-bond acceptors (Lipinski definition) is 7. The molecule has 1 aromatic heterocycles. The van der Waals surface area contributed by atoms with E-state index in [1.807, 2.05) is 71.0 Å². The first kappa shape index (κ1) is 31.9. The second-order valence-electron chi connectivity index (χ2n) is 10.8. The maximum atomic E-state index is 13.3. The molecule has 0 fully saturated rings. The summed E-state index contributed by atoms with van der Waals surface area (Å²) in [5.41, 5.74) is 20.8. The summed E-state index contributed by atoms with van der Waals surface area (Å²) in [7, 11) is 0. The average molecular weight is 567 g/mol. The summed E-state index contributed by atoms with van der Waals surface area (Å²) in [6.07, 6.45) is 1.85. The highest BCUT2D eigenvalue weighted by Crippen LogP contribution is 2.35. The van der Waals surface area contributed by atoms with E-state index in [4.69, 9.17) is 15.9 Å². The van der Waals surface area contributed by atoms with Gasteiger partial charge in [-0.1, -0.05) is 43.5 Å². The van der Waals surface area contributed by atoms with E-state index in [9.17, 15) is 9.90 Å². The Morgan fingerprint density at radius 2 is 1.50 bits per heavy atom. The topological polar surface area (TPSA) is 127 Å².